The van der Waals surface area contributed by atoms with E-state index in [4.69, 9.17) is 11.6 Å². The van der Waals surface area contributed by atoms with Gasteiger partial charge in [-0.05, 0) is 18.2 Å². The van der Waals surface area contributed by atoms with Gasteiger partial charge in [0.2, 0.25) is 0 Å². The number of hydrogen-bond acceptors (Lipinski definition) is 1. The van der Waals surface area contributed by atoms with E-state index in [9.17, 15) is 13.2 Å². The van der Waals surface area contributed by atoms with Crippen molar-refractivity contribution >= 4 is 38.4 Å². The van der Waals surface area contributed by atoms with E-state index in [0.717, 1.165) is 6.07 Å². The molecule has 1 nitrogen and oxygen atoms in total. The predicted octanol–water partition coefficient (Wildman–Crippen LogP) is 4.67. The van der Waals surface area contributed by atoms with Gasteiger partial charge in [-0.1, -0.05) is 33.6 Å². The normalized spacial score (nSPS) is 12.1. The molecule has 0 aliphatic rings. The van der Waals surface area contributed by atoms with Crippen LogP contribution in [0.1, 0.15) is 5.56 Å². The second-order valence-electron chi connectivity index (χ2n) is 3.12. The highest BCUT2D eigenvalue weighted by Crippen LogP contribution is 2.38. The summed E-state index contributed by atoms with van der Waals surface area (Å²) in [6.07, 6.45) is -4.45. The van der Waals surface area contributed by atoms with E-state index in [-0.39, 0.29) is 16.1 Å². The average Bonchev–Trinajstić information content (AvgIpc) is 2.15. The third-order valence-corrected chi connectivity index (χ3v) is 2.91. The molecule has 0 aliphatic carbocycles. The summed E-state index contributed by atoms with van der Waals surface area (Å²) in [4.78, 5) is 3.85. The molecule has 1 aromatic heterocycles. The van der Waals surface area contributed by atoms with Gasteiger partial charge in [-0.3, -0.25) is 0 Å². The summed E-state index contributed by atoms with van der Waals surface area (Å²) in [7, 11) is 0. The number of fused-ring (bicyclic) bond motifs is 1. The maximum atomic E-state index is 12.8. The molecule has 6 heteroatoms. The standard InChI is InChI=1S/C10H4BrClF3N/c11-6-2-1-3-7-9(6)5(10(13,14)15)4-8(12)16-7/h1-4H. The van der Waals surface area contributed by atoms with Crippen molar-refractivity contribution in [3.8, 4) is 0 Å². The average molecular weight is 311 g/mol. The summed E-state index contributed by atoms with van der Waals surface area (Å²) in [5.74, 6) is 0. The lowest BCUT2D eigenvalue weighted by Crippen LogP contribution is -2.06. The largest absolute Gasteiger partial charge is 0.417 e. The van der Waals surface area contributed by atoms with E-state index in [0.29, 0.717) is 4.47 Å². The van der Waals surface area contributed by atoms with E-state index in [1.165, 1.54) is 12.1 Å². The summed E-state index contributed by atoms with van der Waals surface area (Å²) < 4.78 is 38.7. The lowest BCUT2D eigenvalue weighted by Gasteiger charge is -2.11. The van der Waals surface area contributed by atoms with E-state index >= 15 is 0 Å². The van der Waals surface area contributed by atoms with Gasteiger partial charge in [0, 0.05) is 9.86 Å². The molecule has 16 heavy (non-hydrogen) atoms. The monoisotopic (exact) mass is 309 g/mol. The zero-order valence-corrected chi connectivity index (χ0v) is 9.99. The van der Waals surface area contributed by atoms with E-state index < -0.39 is 11.7 Å². The van der Waals surface area contributed by atoms with Crippen LogP contribution in [0, 0.1) is 0 Å². The highest BCUT2D eigenvalue weighted by Gasteiger charge is 2.34. The fourth-order valence-corrected chi connectivity index (χ4v) is 2.20. The quantitative estimate of drug-likeness (QED) is 0.644. The first-order valence-corrected chi connectivity index (χ1v) is 5.38. The van der Waals surface area contributed by atoms with Crippen LogP contribution in [0.4, 0.5) is 13.2 Å². The predicted molar refractivity (Wildman–Crippen MR) is 59.5 cm³/mol. The van der Waals surface area contributed by atoms with Crippen LogP contribution < -0.4 is 0 Å². The third kappa shape index (κ3) is 2.01. The molecule has 1 heterocycles. The van der Waals surface area contributed by atoms with Crippen molar-refractivity contribution in [2.75, 3.05) is 0 Å². The number of nitrogens with zero attached hydrogens (tertiary/aromatic N) is 1. The fraction of sp³-hybridized carbons (Fsp3) is 0.100. The minimum Gasteiger partial charge on any atom is -0.236 e. The molecule has 0 saturated heterocycles. The first-order valence-electron chi connectivity index (χ1n) is 4.21. The van der Waals surface area contributed by atoms with Crippen molar-refractivity contribution in [1.29, 1.82) is 0 Å². The van der Waals surface area contributed by atoms with Crippen LogP contribution in [-0.2, 0) is 6.18 Å². The van der Waals surface area contributed by atoms with E-state index in [1.54, 1.807) is 6.07 Å². The van der Waals surface area contributed by atoms with Crippen LogP contribution in [0.2, 0.25) is 5.15 Å². The van der Waals surface area contributed by atoms with Crippen molar-refractivity contribution in [2.24, 2.45) is 0 Å². The number of hydrogen-bond donors (Lipinski definition) is 0. The zero-order valence-electron chi connectivity index (χ0n) is 7.65. The summed E-state index contributed by atoms with van der Waals surface area (Å²) in [6, 6.07) is 5.46. The Hall–Kier alpha value is -0.810. The Morgan fingerprint density at radius 1 is 1.25 bits per heavy atom. The highest BCUT2D eigenvalue weighted by atomic mass is 79.9. The molecule has 84 valence electrons. The van der Waals surface area contributed by atoms with Crippen molar-refractivity contribution in [3.63, 3.8) is 0 Å². The number of aromatic nitrogens is 1. The molecule has 0 amide bonds. The Morgan fingerprint density at radius 2 is 1.94 bits per heavy atom. The molecular weight excluding hydrogens is 306 g/mol. The lowest BCUT2D eigenvalue weighted by atomic mass is 10.1. The van der Waals surface area contributed by atoms with Gasteiger partial charge in [0.05, 0.1) is 11.1 Å². The number of benzene rings is 1. The Labute approximate surface area is 102 Å². The molecule has 1 aromatic carbocycles. The lowest BCUT2D eigenvalue weighted by molar-refractivity contribution is -0.136. The Kier molecular flexibility index (Phi) is 2.84. The summed E-state index contributed by atoms with van der Waals surface area (Å²) in [5, 5.41) is -0.141. The Bertz CT molecular complexity index is 553. The molecule has 0 bridgehead atoms. The molecule has 2 aromatic rings. The summed E-state index contributed by atoms with van der Waals surface area (Å²) in [6.45, 7) is 0. The minimum absolute atomic E-state index is 0.0272. The molecule has 0 N–H and O–H groups in total. The molecule has 2 rings (SSSR count). The van der Waals surface area contributed by atoms with Crippen molar-refractivity contribution in [3.05, 3.63) is 39.5 Å². The minimum atomic E-state index is -4.45. The van der Waals surface area contributed by atoms with Gasteiger partial charge in [0.25, 0.3) is 0 Å². The molecule has 0 atom stereocenters. The van der Waals surface area contributed by atoms with Gasteiger partial charge in [-0.15, -0.1) is 0 Å². The second kappa shape index (κ2) is 3.89. The Morgan fingerprint density at radius 3 is 2.56 bits per heavy atom. The molecular formula is C10H4BrClF3N. The molecule has 0 saturated carbocycles. The van der Waals surface area contributed by atoms with Crippen molar-refractivity contribution < 1.29 is 13.2 Å². The highest BCUT2D eigenvalue weighted by molar-refractivity contribution is 9.10. The SMILES string of the molecule is FC(F)(F)c1cc(Cl)nc2cccc(Br)c12. The number of rotatable bonds is 0. The van der Waals surface area contributed by atoms with Gasteiger partial charge >= 0.3 is 6.18 Å². The third-order valence-electron chi connectivity index (χ3n) is 2.06. The number of alkyl halides is 3. The Balaban J connectivity index is 2.91. The number of halogens is 5. The molecule has 0 spiro atoms. The molecule has 0 radical (unpaired) electrons. The topological polar surface area (TPSA) is 12.9 Å². The van der Waals surface area contributed by atoms with Gasteiger partial charge in [-0.2, -0.15) is 13.2 Å². The van der Waals surface area contributed by atoms with Crippen LogP contribution in [0.25, 0.3) is 10.9 Å². The van der Waals surface area contributed by atoms with Crippen LogP contribution in [0.3, 0.4) is 0 Å². The van der Waals surface area contributed by atoms with Crippen LogP contribution >= 0.6 is 27.5 Å². The summed E-state index contributed by atoms with van der Waals surface area (Å²) >= 11 is 8.64. The van der Waals surface area contributed by atoms with E-state index in [1.807, 2.05) is 0 Å². The number of pyridine rings is 1. The van der Waals surface area contributed by atoms with Crippen LogP contribution in [-0.4, -0.2) is 4.98 Å². The van der Waals surface area contributed by atoms with Gasteiger partial charge in [0.1, 0.15) is 5.15 Å². The van der Waals surface area contributed by atoms with Crippen LogP contribution in [0.15, 0.2) is 28.7 Å². The fourth-order valence-electron chi connectivity index (χ4n) is 1.43. The van der Waals surface area contributed by atoms with Crippen molar-refractivity contribution in [2.45, 2.75) is 6.18 Å². The zero-order chi connectivity index (χ0) is 11.9. The maximum Gasteiger partial charge on any atom is 0.417 e. The van der Waals surface area contributed by atoms with Gasteiger partial charge in [-0.25, -0.2) is 4.98 Å². The van der Waals surface area contributed by atoms with Crippen molar-refractivity contribution in [1.82, 2.24) is 4.98 Å². The van der Waals surface area contributed by atoms with Gasteiger partial charge in [0.15, 0.2) is 0 Å². The van der Waals surface area contributed by atoms with Crippen LogP contribution in [0.5, 0.6) is 0 Å². The summed E-state index contributed by atoms with van der Waals surface area (Å²) in [5.41, 5.74) is -0.566. The van der Waals surface area contributed by atoms with E-state index in [2.05, 4.69) is 20.9 Å². The first-order chi connectivity index (χ1) is 7.39. The van der Waals surface area contributed by atoms with Gasteiger partial charge < -0.3 is 0 Å². The second-order valence-corrected chi connectivity index (χ2v) is 4.37. The molecule has 0 aliphatic heterocycles. The first kappa shape index (κ1) is 11.7. The smallest absolute Gasteiger partial charge is 0.236 e. The molecule has 0 fully saturated rings. The molecule has 0 unspecified atom stereocenters. The maximum absolute atomic E-state index is 12.8.